The molecule has 0 radical (unpaired) electrons. The Hall–Kier alpha value is -0.940. The van der Waals surface area contributed by atoms with E-state index in [1.54, 1.807) is 0 Å². The van der Waals surface area contributed by atoms with Crippen molar-refractivity contribution in [1.82, 2.24) is 15.5 Å². The Morgan fingerprint density at radius 2 is 2.44 bits per heavy atom. The van der Waals surface area contributed by atoms with Gasteiger partial charge < -0.3 is 14.6 Å². The number of hydrogen-bond donors (Lipinski definition) is 1. The van der Waals surface area contributed by atoms with Crippen molar-refractivity contribution in [3.63, 3.8) is 0 Å². The van der Waals surface area contributed by atoms with Crippen LogP contribution >= 0.6 is 0 Å². The average Bonchev–Trinajstić information content (AvgIpc) is 2.80. The predicted molar refractivity (Wildman–Crippen MR) is 58.9 cm³/mol. The Bertz CT molecular complexity index is 321. The summed E-state index contributed by atoms with van der Waals surface area (Å²) in [7, 11) is 0. The minimum absolute atomic E-state index is 0.0916. The number of nitrogens with one attached hydrogen (secondary N) is 1. The van der Waals surface area contributed by atoms with E-state index in [0.29, 0.717) is 18.3 Å². The van der Waals surface area contributed by atoms with E-state index in [1.165, 1.54) is 12.8 Å². The molecule has 0 amide bonds. The molecule has 90 valence electrons. The first kappa shape index (κ1) is 11.5. The van der Waals surface area contributed by atoms with E-state index in [4.69, 9.17) is 9.26 Å². The Kier molecular flexibility index (Phi) is 3.90. The van der Waals surface area contributed by atoms with E-state index in [0.717, 1.165) is 13.0 Å². The number of piperidine rings is 1. The van der Waals surface area contributed by atoms with Gasteiger partial charge in [0.1, 0.15) is 6.10 Å². The summed E-state index contributed by atoms with van der Waals surface area (Å²) >= 11 is 0. The summed E-state index contributed by atoms with van der Waals surface area (Å²) in [5.74, 6) is 1.34. The van der Waals surface area contributed by atoms with Crippen LogP contribution in [0.4, 0.5) is 0 Å². The molecule has 5 heteroatoms. The zero-order valence-corrected chi connectivity index (χ0v) is 9.90. The molecule has 1 N–H and O–H groups in total. The zero-order valence-electron chi connectivity index (χ0n) is 9.90. The van der Waals surface area contributed by atoms with Gasteiger partial charge in [-0.1, -0.05) is 11.6 Å². The van der Waals surface area contributed by atoms with Crippen LogP contribution in [0, 0.1) is 0 Å². The number of ether oxygens (including phenoxy) is 1. The van der Waals surface area contributed by atoms with Gasteiger partial charge >= 0.3 is 0 Å². The molecule has 16 heavy (non-hydrogen) atoms. The van der Waals surface area contributed by atoms with Gasteiger partial charge in [0, 0.05) is 6.61 Å². The molecule has 2 rings (SSSR count). The number of nitrogens with zero attached hydrogens (tertiary/aromatic N) is 2. The SMILES string of the molecule is CCOC(C)c1noc([C@H]2CCCCN2)n1. The lowest BCUT2D eigenvalue weighted by Crippen LogP contribution is -2.27. The summed E-state index contributed by atoms with van der Waals surface area (Å²) in [6.07, 6.45) is 3.43. The third kappa shape index (κ3) is 2.59. The van der Waals surface area contributed by atoms with Crippen molar-refractivity contribution in [2.75, 3.05) is 13.2 Å². The number of hydrogen-bond acceptors (Lipinski definition) is 5. The van der Waals surface area contributed by atoms with Crippen molar-refractivity contribution in [3.05, 3.63) is 11.7 Å². The molecule has 1 saturated heterocycles. The second kappa shape index (κ2) is 5.41. The lowest BCUT2D eigenvalue weighted by Gasteiger charge is -2.19. The maximum absolute atomic E-state index is 5.42. The first-order chi connectivity index (χ1) is 7.81. The van der Waals surface area contributed by atoms with Gasteiger partial charge in [0.05, 0.1) is 6.04 Å². The molecular weight excluding hydrogens is 206 g/mol. The summed E-state index contributed by atoms with van der Waals surface area (Å²) in [6, 6.07) is 0.226. The summed E-state index contributed by atoms with van der Waals surface area (Å²) in [4.78, 5) is 4.39. The van der Waals surface area contributed by atoms with E-state index < -0.39 is 0 Å². The number of aromatic nitrogens is 2. The molecular formula is C11H19N3O2. The maximum atomic E-state index is 5.42. The lowest BCUT2D eigenvalue weighted by atomic mass is 10.1. The molecule has 2 atom stereocenters. The molecule has 1 aromatic heterocycles. The Morgan fingerprint density at radius 1 is 1.56 bits per heavy atom. The Morgan fingerprint density at radius 3 is 3.12 bits per heavy atom. The fourth-order valence-corrected chi connectivity index (χ4v) is 1.94. The molecule has 0 bridgehead atoms. The Labute approximate surface area is 95.6 Å². The van der Waals surface area contributed by atoms with Crippen molar-refractivity contribution < 1.29 is 9.26 Å². The first-order valence-electron chi connectivity index (χ1n) is 5.99. The third-order valence-electron chi connectivity index (χ3n) is 2.85. The highest BCUT2D eigenvalue weighted by atomic mass is 16.5. The summed E-state index contributed by atoms with van der Waals surface area (Å²) < 4.78 is 10.7. The van der Waals surface area contributed by atoms with Gasteiger partial charge in [0.15, 0.2) is 5.82 Å². The molecule has 1 aromatic rings. The van der Waals surface area contributed by atoms with Crippen molar-refractivity contribution in [2.45, 2.75) is 45.3 Å². The fourth-order valence-electron chi connectivity index (χ4n) is 1.94. The van der Waals surface area contributed by atoms with Crippen LogP contribution < -0.4 is 5.32 Å². The molecule has 5 nitrogen and oxygen atoms in total. The maximum Gasteiger partial charge on any atom is 0.243 e. The third-order valence-corrected chi connectivity index (χ3v) is 2.85. The zero-order chi connectivity index (χ0) is 11.4. The molecule has 1 fully saturated rings. The van der Waals surface area contributed by atoms with Crippen molar-refractivity contribution in [1.29, 1.82) is 0 Å². The predicted octanol–water partition coefficient (Wildman–Crippen LogP) is 1.98. The molecule has 1 unspecified atom stereocenters. The molecule has 0 spiro atoms. The van der Waals surface area contributed by atoms with Crippen LogP contribution in [0.3, 0.4) is 0 Å². The molecule has 0 aliphatic carbocycles. The molecule has 0 aromatic carbocycles. The lowest BCUT2D eigenvalue weighted by molar-refractivity contribution is 0.0683. The molecule has 2 heterocycles. The molecule has 1 aliphatic heterocycles. The largest absolute Gasteiger partial charge is 0.371 e. The summed E-state index contributed by atoms with van der Waals surface area (Å²) in [5.41, 5.74) is 0. The van der Waals surface area contributed by atoms with Crippen LogP contribution in [0.15, 0.2) is 4.52 Å². The quantitative estimate of drug-likeness (QED) is 0.849. The van der Waals surface area contributed by atoms with E-state index in [9.17, 15) is 0 Å². The van der Waals surface area contributed by atoms with Crippen LogP contribution in [0.2, 0.25) is 0 Å². The van der Waals surface area contributed by atoms with Crippen LogP contribution in [0.5, 0.6) is 0 Å². The highest BCUT2D eigenvalue weighted by Crippen LogP contribution is 2.23. The van der Waals surface area contributed by atoms with Crippen molar-refractivity contribution >= 4 is 0 Å². The van der Waals surface area contributed by atoms with Gasteiger partial charge in [-0.2, -0.15) is 4.98 Å². The van der Waals surface area contributed by atoms with E-state index in [-0.39, 0.29) is 12.1 Å². The minimum Gasteiger partial charge on any atom is -0.371 e. The van der Waals surface area contributed by atoms with Crippen LogP contribution in [0.1, 0.15) is 57.0 Å². The van der Waals surface area contributed by atoms with E-state index in [1.807, 2.05) is 13.8 Å². The van der Waals surface area contributed by atoms with Crippen molar-refractivity contribution in [2.24, 2.45) is 0 Å². The van der Waals surface area contributed by atoms with E-state index in [2.05, 4.69) is 15.5 Å². The van der Waals surface area contributed by atoms with Crippen LogP contribution in [0.25, 0.3) is 0 Å². The highest BCUT2D eigenvalue weighted by Gasteiger charge is 2.22. The normalized spacial score (nSPS) is 23.2. The van der Waals surface area contributed by atoms with E-state index >= 15 is 0 Å². The van der Waals surface area contributed by atoms with Gasteiger partial charge in [0.2, 0.25) is 5.89 Å². The molecule has 1 aliphatic rings. The van der Waals surface area contributed by atoms with Gasteiger partial charge in [-0.25, -0.2) is 0 Å². The van der Waals surface area contributed by atoms with Crippen LogP contribution in [-0.2, 0) is 4.74 Å². The smallest absolute Gasteiger partial charge is 0.243 e. The number of rotatable bonds is 4. The second-order valence-electron chi connectivity index (χ2n) is 4.09. The topological polar surface area (TPSA) is 60.2 Å². The minimum atomic E-state index is -0.0916. The summed E-state index contributed by atoms with van der Waals surface area (Å²) in [6.45, 7) is 5.59. The van der Waals surface area contributed by atoms with Crippen LogP contribution in [-0.4, -0.2) is 23.3 Å². The second-order valence-corrected chi connectivity index (χ2v) is 4.09. The van der Waals surface area contributed by atoms with Gasteiger partial charge in [-0.05, 0) is 33.2 Å². The molecule has 0 saturated carbocycles. The first-order valence-corrected chi connectivity index (χ1v) is 5.99. The fraction of sp³-hybridized carbons (Fsp3) is 0.818. The Balaban J connectivity index is 2.00. The average molecular weight is 225 g/mol. The van der Waals surface area contributed by atoms with Gasteiger partial charge in [-0.15, -0.1) is 0 Å². The van der Waals surface area contributed by atoms with Crippen molar-refractivity contribution in [3.8, 4) is 0 Å². The highest BCUT2D eigenvalue weighted by molar-refractivity contribution is 4.96. The monoisotopic (exact) mass is 225 g/mol. The van der Waals surface area contributed by atoms with Gasteiger partial charge in [0.25, 0.3) is 0 Å². The standard InChI is InChI=1S/C11H19N3O2/c1-3-15-8(2)10-13-11(16-14-10)9-6-4-5-7-12-9/h8-9,12H,3-7H2,1-2H3/t8?,9-/m1/s1. The summed E-state index contributed by atoms with van der Waals surface area (Å²) in [5, 5.41) is 7.34. The van der Waals surface area contributed by atoms with Gasteiger partial charge in [-0.3, -0.25) is 0 Å².